The summed E-state index contributed by atoms with van der Waals surface area (Å²) in [5.41, 5.74) is 1.58. The lowest BCUT2D eigenvalue weighted by atomic mass is 10.0. The number of fused-ring (bicyclic) bond motifs is 3. The Morgan fingerprint density at radius 3 is 3.42 bits per heavy atom. The van der Waals surface area contributed by atoms with Crippen LogP contribution in [0.5, 0.6) is 0 Å². The van der Waals surface area contributed by atoms with Crippen molar-refractivity contribution in [1.29, 1.82) is 0 Å². The summed E-state index contributed by atoms with van der Waals surface area (Å²) in [5.74, 6) is 0. The molecule has 2 unspecified atom stereocenters. The van der Waals surface area contributed by atoms with Crippen molar-refractivity contribution in [3.8, 4) is 0 Å². The van der Waals surface area contributed by atoms with Crippen LogP contribution < -0.4 is 0 Å². The van der Waals surface area contributed by atoms with Crippen molar-refractivity contribution in [3.63, 3.8) is 0 Å². The van der Waals surface area contributed by atoms with Gasteiger partial charge in [-0.2, -0.15) is 5.11 Å². The van der Waals surface area contributed by atoms with E-state index in [9.17, 15) is 0 Å². The van der Waals surface area contributed by atoms with Crippen LogP contribution in [0.3, 0.4) is 0 Å². The van der Waals surface area contributed by atoms with Gasteiger partial charge in [-0.3, -0.25) is 0 Å². The average Bonchev–Trinajstić information content (AvgIpc) is 2.71. The molecule has 1 aliphatic carbocycles. The van der Waals surface area contributed by atoms with Gasteiger partial charge in [0.25, 0.3) is 0 Å². The van der Waals surface area contributed by atoms with Crippen molar-refractivity contribution in [3.05, 3.63) is 17.5 Å². The molecule has 0 saturated carbocycles. The molecule has 2 heterocycles. The van der Waals surface area contributed by atoms with Crippen molar-refractivity contribution in [2.24, 2.45) is 9.63 Å². The lowest BCUT2D eigenvalue weighted by Crippen LogP contribution is -2.11. The summed E-state index contributed by atoms with van der Waals surface area (Å²) in [6.45, 7) is 0. The maximum absolute atomic E-state index is 4.61. The van der Waals surface area contributed by atoms with Crippen LogP contribution in [0, 0.1) is 0 Å². The summed E-state index contributed by atoms with van der Waals surface area (Å²) in [6, 6.07) is 0.0150. The van der Waals surface area contributed by atoms with Crippen molar-refractivity contribution in [1.82, 2.24) is 10.3 Å². The van der Waals surface area contributed by atoms with Gasteiger partial charge in [-0.15, -0.1) is 4.52 Å². The van der Waals surface area contributed by atoms with Gasteiger partial charge < -0.3 is 0 Å². The van der Waals surface area contributed by atoms with Crippen molar-refractivity contribution < 1.29 is 4.63 Å². The standard InChI is InChI=1S/C6H4N4OS/c1-2-4-6(7-10-12-4)5-3(1)8-11-9-5/h1-2,4,6H. The van der Waals surface area contributed by atoms with E-state index >= 15 is 0 Å². The first-order valence-corrected chi connectivity index (χ1v) is 4.35. The Morgan fingerprint density at radius 2 is 2.42 bits per heavy atom. The van der Waals surface area contributed by atoms with Gasteiger partial charge in [0, 0.05) is 11.9 Å². The van der Waals surface area contributed by atoms with Gasteiger partial charge in [0.15, 0.2) is 0 Å². The van der Waals surface area contributed by atoms with E-state index in [2.05, 4.69) is 24.6 Å². The fourth-order valence-electron chi connectivity index (χ4n) is 1.32. The highest BCUT2D eigenvalue weighted by Crippen LogP contribution is 2.41. The second kappa shape index (κ2) is 2.16. The second-order valence-electron chi connectivity index (χ2n) is 2.61. The number of rotatable bonds is 0. The summed E-state index contributed by atoms with van der Waals surface area (Å²) in [4.78, 5) is 0. The molecule has 1 aromatic heterocycles. The second-order valence-corrected chi connectivity index (χ2v) is 3.52. The van der Waals surface area contributed by atoms with Crippen molar-refractivity contribution >= 4 is 18.0 Å². The van der Waals surface area contributed by atoms with E-state index in [1.807, 2.05) is 12.2 Å². The van der Waals surface area contributed by atoms with Crippen LogP contribution in [0.25, 0.3) is 6.08 Å². The highest BCUT2D eigenvalue weighted by Gasteiger charge is 2.34. The predicted molar refractivity (Wildman–Crippen MR) is 42.3 cm³/mol. The first-order valence-electron chi connectivity index (χ1n) is 3.52. The fourth-order valence-corrected chi connectivity index (χ4v) is 2.03. The van der Waals surface area contributed by atoms with Crippen LogP contribution in [-0.2, 0) is 0 Å². The monoisotopic (exact) mass is 180 g/mol. The first-order chi connectivity index (χ1) is 5.95. The molecule has 0 fully saturated rings. The van der Waals surface area contributed by atoms with Gasteiger partial charge in [0.2, 0.25) is 0 Å². The van der Waals surface area contributed by atoms with Crippen LogP contribution in [0.2, 0.25) is 0 Å². The highest BCUT2D eigenvalue weighted by atomic mass is 32.2. The van der Waals surface area contributed by atoms with Crippen LogP contribution in [0.1, 0.15) is 17.4 Å². The van der Waals surface area contributed by atoms with Crippen molar-refractivity contribution in [2.75, 3.05) is 0 Å². The van der Waals surface area contributed by atoms with E-state index < -0.39 is 0 Å². The minimum atomic E-state index is 0.0150. The lowest BCUT2D eigenvalue weighted by Gasteiger charge is -2.11. The molecule has 0 spiro atoms. The normalized spacial score (nSPS) is 30.3. The molecule has 6 heteroatoms. The molecule has 12 heavy (non-hydrogen) atoms. The van der Waals surface area contributed by atoms with E-state index in [1.54, 1.807) is 0 Å². The molecule has 0 radical (unpaired) electrons. The molecule has 0 aromatic carbocycles. The van der Waals surface area contributed by atoms with Gasteiger partial charge in [-0.05, 0) is 6.08 Å². The summed E-state index contributed by atoms with van der Waals surface area (Å²) >= 11 is 1.46. The van der Waals surface area contributed by atoms with E-state index in [1.165, 1.54) is 11.9 Å². The van der Waals surface area contributed by atoms with Crippen molar-refractivity contribution in [2.45, 2.75) is 11.3 Å². The maximum Gasteiger partial charge on any atom is 0.140 e. The lowest BCUT2D eigenvalue weighted by molar-refractivity contribution is 0.301. The molecular formula is C6H4N4OS. The summed E-state index contributed by atoms with van der Waals surface area (Å²) in [7, 11) is 0. The minimum absolute atomic E-state index is 0.0150. The van der Waals surface area contributed by atoms with E-state index in [0.29, 0.717) is 0 Å². The third-order valence-corrected chi connectivity index (χ3v) is 2.76. The van der Waals surface area contributed by atoms with Gasteiger partial charge in [0.05, 0.1) is 5.25 Å². The first kappa shape index (κ1) is 6.36. The Hall–Kier alpha value is -1.17. The molecular weight excluding hydrogens is 176 g/mol. The molecule has 1 aliphatic heterocycles. The molecule has 2 aliphatic rings. The quantitative estimate of drug-likeness (QED) is 0.569. The van der Waals surface area contributed by atoms with Crippen LogP contribution >= 0.6 is 11.9 Å². The Kier molecular flexibility index (Phi) is 1.15. The number of hydrogen-bond acceptors (Lipinski definition) is 6. The van der Waals surface area contributed by atoms with E-state index in [4.69, 9.17) is 0 Å². The van der Waals surface area contributed by atoms with E-state index in [0.717, 1.165) is 11.4 Å². The maximum atomic E-state index is 4.61. The SMILES string of the molecule is C1=CC2SN=NC2c2nonc21. The summed E-state index contributed by atoms with van der Waals surface area (Å²) in [5, 5.41) is 11.9. The minimum Gasteiger partial charge on any atom is -0.244 e. The van der Waals surface area contributed by atoms with Gasteiger partial charge in [0.1, 0.15) is 17.4 Å². The fraction of sp³-hybridized carbons (Fsp3) is 0.333. The number of nitrogens with zero attached hydrogens (tertiary/aromatic N) is 4. The number of aromatic nitrogens is 2. The zero-order chi connectivity index (χ0) is 7.97. The van der Waals surface area contributed by atoms with Gasteiger partial charge in [-0.25, -0.2) is 4.63 Å². The molecule has 1 aromatic rings. The average molecular weight is 180 g/mol. The Bertz CT molecular complexity index is 371. The molecule has 0 N–H and O–H groups in total. The van der Waals surface area contributed by atoms with Crippen LogP contribution in [-0.4, -0.2) is 15.6 Å². The topological polar surface area (TPSA) is 63.6 Å². The third-order valence-electron chi connectivity index (χ3n) is 1.92. The smallest absolute Gasteiger partial charge is 0.140 e. The molecule has 2 atom stereocenters. The van der Waals surface area contributed by atoms with Gasteiger partial charge >= 0.3 is 0 Å². The molecule has 0 saturated heterocycles. The zero-order valence-corrected chi connectivity index (χ0v) is 6.73. The zero-order valence-electron chi connectivity index (χ0n) is 5.91. The van der Waals surface area contributed by atoms with Gasteiger partial charge in [-0.1, -0.05) is 16.4 Å². The Labute approximate surface area is 72.0 Å². The molecule has 0 amide bonds. The molecule has 5 nitrogen and oxygen atoms in total. The largest absolute Gasteiger partial charge is 0.244 e. The van der Waals surface area contributed by atoms with Crippen LogP contribution in [0.4, 0.5) is 0 Å². The molecule has 3 rings (SSSR count). The van der Waals surface area contributed by atoms with E-state index in [-0.39, 0.29) is 11.3 Å². The summed E-state index contributed by atoms with van der Waals surface area (Å²) in [6.07, 6.45) is 3.93. The van der Waals surface area contributed by atoms with Crippen LogP contribution in [0.15, 0.2) is 20.3 Å². The highest BCUT2D eigenvalue weighted by molar-refractivity contribution is 7.98. The predicted octanol–water partition coefficient (Wildman–Crippen LogP) is 1.62. The number of hydrogen-bond donors (Lipinski definition) is 0. The molecule has 0 bridgehead atoms. The Balaban J connectivity index is 2.17. The third kappa shape index (κ3) is 0.699. The molecule has 60 valence electrons. The Morgan fingerprint density at radius 1 is 1.42 bits per heavy atom. The summed E-state index contributed by atoms with van der Waals surface area (Å²) < 4.78 is 8.50.